The predicted molar refractivity (Wildman–Crippen MR) is 127 cm³/mol. The van der Waals surface area contributed by atoms with Crippen LogP contribution in [0.25, 0.3) is 21.6 Å². The van der Waals surface area contributed by atoms with Gasteiger partial charge in [-0.1, -0.05) is 52.3 Å². The molecule has 0 amide bonds. The van der Waals surface area contributed by atoms with Crippen molar-refractivity contribution in [3.05, 3.63) is 57.9 Å². The van der Waals surface area contributed by atoms with Crippen LogP contribution in [0.4, 0.5) is 0 Å². The van der Waals surface area contributed by atoms with Gasteiger partial charge in [0.25, 0.3) is 0 Å². The monoisotopic (exact) mass is 485 g/mol. The molecule has 3 heterocycles. The zero-order chi connectivity index (χ0) is 19.6. The minimum atomic E-state index is 0.699. The van der Waals surface area contributed by atoms with Crippen molar-refractivity contribution in [3.8, 4) is 21.6 Å². The highest BCUT2D eigenvalue weighted by molar-refractivity contribution is 9.10. The SMILES string of the molecule is Brc1ccc2c(c1)-c1sc(COCCN3CCCCC3)cc1-c1ccccc1S2. The van der Waals surface area contributed by atoms with Crippen LogP contribution in [0.1, 0.15) is 24.1 Å². The summed E-state index contributed by atoms with van der Waals surface area (Å²) in [7, 11) is 0. The van der Waals surface area contributed by atoms with E-state index >= 15 is 0 Å². The van der Waals surface area contributed by atoms with Crippen LogP contribution in [-0.2, 0) is 11.3 Å². The van der Waals surface area contributed by atoms with Crippen LogP contribution in [0, 0.1) is 0 Å². The Kier molecular flexibility index (Phi) is 6.12. The van der Waals surface area contributed by atoms with Crippen LogP contribution in [0.2, 0.25) is 0 Å². The highest BCUT2D eigenvalue weighted by Crippen LogP contribution is 2.51. The van der Waals surface area contributed by atoms with Crippen molar-refractivity contribution in [2.24, 2.45) is 0 Å². The Hall–Kier alpha value is -1.11. The molecule has 2 aliphatic heterocycles. The summed E-state index contributed by atoms with van der Waals surface area (Å²) in [5.74, 6) is 0. The fraction of sp³-hybridized carbons (Fsp3) is 0.333. The average Bonchev–Trinajstić information content (AvgIpc) is 3.12. The van der Waals surface area contributed by atoms with Gasteiger partial charge < -0.3 is 9.64 Å². The summed E-state index contributed by atoms with van der Waals surface area (Å²) in [6.45, 7) is 5.04. The standard InChI is InChI=1S/C24H24BrNOS2/c25-17-8-9-23-21(14-17)24-20(19-6-2-3-7-22(19)29-23)15-18(28-24)16-27-13-12-26-10-4-1-5-11-26/h2-3,6-9,14-15H,1,4-5,10-13,16H2. The van der Waals surface area contributed by atoms with Gasteiger partial charge in [0.15, 0.2) is 0 Å². The third kappa shape index (κ3) is 4.35. The number of ether oxygens (including phenoxy) is 1. The topological polar surface area (TPSA) is 12.5 Å². The van der Waals surface area contributed by atoms with Crippen molar-refractivity contribution in [1.29, 1.82) is 0 Å². The second-order valence-corrected chi connectivity index (χ2v) is 10.8. The smallest absolute Gasteiger partial charge is 0.0810 e. The molecule has 0 aliphatic carbocycles. The van der Waals surface area contributed by atoms with Gasteiger partial charge >= 0.3 is 0 Å². The highest BCUT2D eigenvalue weighted by Gasteiger charge is 2.22. The lowest BCUT2D eigenvalue weighted by Crippen LogP contribution is -2.32. The van der Waals surface area contributed by atoms with E-state index in [0.29, 0.717) is 6.61 Å². The lowest BCUT2D eigenvalue weighted by molar-refractivity contribution is 0.0878. The third-order valence-electron chi connectivity index (χ3n) is 5.61. The molecule has 2 aliphatic rings. The lowest BCUT2D eigenvalue weighted by atomic mass is 10.0. The Labute approximate surface area is 189 Å². The average molecular weight is 487 g/mol. The molecule has 1 fully saturated rings. The van der Waals surface area contributed by atoms with Crippen LogP contribution in [0.5, 0.6) is 0 Å². The van der Waals surface area contributed by atoms with Crippen LogP contribution in [0.15, 0.2) is 62.8 Å². The first-order valence-corrected chi connectivity index (χ1v) is 12.7. The maximum absolute atomic E-state index is 6.09. The number of piperidine rings is 1. The number of likely N-dealkylation sites (tertiary alicyclic amines) is 1. The van der Waals surface area contributed by atoms with Crippen molar-refractivity contribution in [2.75, 3.05) is 26.2 Å². The molecule has 5 heteroatoms. The number of fused-ring (bicyclic) bond motifs is 5. The predicted octanol–water partition coefficient (Wildman–Crippen LogP) is 7.31. The van der Waals surface area contributed by atoms with E-state index in [2.05, 4.69) is 69.4 Å². The Morgan fingerprint density at radius 2 is 1.72 bits per heavy atom. The van der Waals surface area contributed by atoms with Gasteiger partial charge in [-0.2, -0.15) is 0 Å². The van der Waals surface area contributed by atoms with Gasteiger partial charge in [0, 0.05) is 41.7 Å². The zero-order valence-corrected chi connectivity index (χ0v) is 19.5. The molecule has 0 bridgehead atoms. The van der Waals surface area contributed by atoms with Gasteiger partial charge in [-0.3, -0.25) is 0 Å². The van der Waals surface area contributed by atoms with E-state index in [9.17, 15) is 0 Å². The lowest BCUT2D eigenvalue weighted by Gasteiger charge is -2.26. The molecule has 0 atom stereocenters. The fourth-order valence-electron chi connectivity index (χ4n) is 4.13. The Morgan fingerprint density at radius 3 is 2.62 bits per heavy atom. The molecule has 2 nitrogen and oxygen atoms in total. The van der Waals surface area contributed by atoms with E-state index in [0.717, 1.165) is 17.6 Å². The van der Waals surface area contributed by atoms with E-state index < -0.39 is 0 Å². The Bertz CT molecular complexity index is 1010. The van der Waals surface area contributed by atoms with Crippen molar-refractivity contribution >= 4 is 39.0 Å². The van der Waals surface area contributed by atoms with Crippen LogP contribution in [0.3, 0.4) is 0 Å². The Balaban J connectivity index is 1.39. The molecule has 5 rings (SSSR count). The summed E-state index contributed by atoms with van der Waals surface area (Å²) in [6.07, 6.45) is 4.06. The van der Waals surface area contributed by atoms with Gasteiger partial charge in [-0.05, 0) is 61.8 Å². The summed E-state index contributed by atoms with van der Waals surface area (Å²) in [6, 6.07) is 17.7. The van der Waals surface area contributed by atoms with Gasteiger partial charge in [0.1, 0.15) is 0 Å². The van der Waals surface area contributed by atoms with Crippen molar-refractivity contribution < 1.29 is 4.74 Å². The van der Waals surface area contributed by atoms with Gasteiger partial charge in [-0.25, -0.2) is 0 Å². The maximum atomic E-state index is 6.09. The third-order valence-corrected chi connectivity index (χ3v) is 8.40. The second-order valence-electron chi connectivity index (χ2n) is 7.65. The fourth-order valence-corrected chi connectivity index (χ4v) is 6.77. The van der Waals surface area contributed by atoms with Crippen LogP contribution < -0.4 is 0 Å². The number of nitrogens with zero attached hydrogens (tertiary/aromatic N) is 1. The molecule has 1 aromatic heterocycles. The molecule has 0 unspecified atom stereocenters. The summed E-state index contributed by atoms with van der Waals surface area (Å²) in [5, 5.41) is 0. The molecule has 0 radical (unpaired) electrons. The minimum Gasteiger partial charge on any atom is -0.375 e. The molecule has 0 saturated carbocycles. The summed E-state index contributed by atoms with van der Waals surface area (Å²) >= 11 is 7.41. The first-order valence-electron chi connectivity index (χ1n) is 10.3. The van der Waals surface area contributed by atoms with E-state index in [4.69, 9.17) is 4.74 Å². The first kappa shape index (κ1) is 19.8. The van der Waals surface area contributed by atoms with Gasteiger partial charge in [0.05, 0.1) is 13.2 Å². The van der Waals surface area contributed by atoms with Crippen LogP contribution in [-0.4, -0.2) is 31.1 Å². The normalized spacial score (nSPS) is 16.0. The number of halogens is 1. The van der Waals surface area contributed by atoms with Crippen molar-refractivity contribution in [3.63, 3.8) is 0 Å². The van der Waals surface area contributed by atoms with Crippen molar-refractivity contribution in [1.82, 2.24) is 4.90 Å². The van der Waals surface area contributed by atoms with E-state index in [1.165, 1.54) is 68.6 Å². The number of hydrogen-bond acceptors (Lipinski definition) is 4. The molecule has 1 saturated heterocycles. The molecular formula is C24H24BrNOS2. The van der Waals surface area contributed by atoms with Gasteiger partial charge in [0.2, 0.25) is 0 Å². The molecule has 29 heavy (non-hydrogen) atoms. The number of hydrogen-bond donors (Lipinski definition) is 0. The molecule has 2 aromatic carbocycles. The molecule has 0 N–H and O–H groups in total. The van der Waals surface area contributed by atoms with E-state index in [1.807, 2.05) is 23.1 Å². The number of rotatable bonds is 5. The summed E-state index contributed by atoms with van der Waals surface area (Å²) in [4.78, 5) is 7.84. The second kappa shape index (κ2) is 8.94. The van der Waals surface area contributed by atoms with Crippen molar-refractivity contribution in [2.45, 2.75) is 35.7 Å². The molecule has 0 spiro atoms. The minimum absolute atomic E-state index is 0.699. The highest BCUT2D eigenvalue weighted by atomic mass is 79.9. The summed E-state index contributed by atoms with van der Waals surface area (Å²) < 4.78 is 7.21. The van der Waals surface area contributed by atoms with Gasteiger partial charge in [-0.15, -0.1) is 11.3 Å². The van der Waals surface area contributed by atoms with Crippen LogP contribution >= 0.6 is 39.0 Å². The first-order chi connectivity index (χ1) is 14.3. The number of thiophene rings is 1. The number of benzene rings is 2. The Morgan fingerprint density at radius 1 is 0.897 bits per heavy atom. The largest absolute Gasteiger partial charge is 0.375 e. The zero-order valence-electron chi connectivity index (χ0n) is 16.3. The summed E-state index contributed by atoms with van der Waals surface area (Å²) in [5.41, 5.74) is 3.99. The quantitative estimate of drug-likeness (QED) is 0.275. The molecule has 150 valence electrons. The van der Waals surface area contributed by atoms with E-state index in [-0.39, 0.29) is 0 Å². The molecular weight excluding hydrogens is 462 g/mol. The van der Waals surface area contributed by atoms with E-state index in [1.54, 1.807) is 0 Å². The molecule has 3 aromatic rings. The maximum Gasteiger partial charge on any atom is 0.0810 e.